The monoisotopic (exact) mass is 303 g/mol. The van der Waals surface area contributed by atoms with Crippen LogP contribution in [0.5, 0.6) is 5.75 Å². The summed E-state index contributed by atoms with van der Waals surface area (Å²) in [5, 5.41) is 3.09. The quantitative estimate of drug-likeness (QED) is 0.589. The average molecular weight is 303 g/mol. The first-order chi connectivity index (χ1) is 10.7. The first-order valence-corrected chi connectivity index (χ1v) is 7.62. The molecule has 0 spiro atoms. The number of nitrogens with one attached hydrogen (secondary N) is 1. The summed E-state index contributed by atoms with van der Waals surface area (Å²) in [5.74, 6) is 0.792. The van der Waals surface area contributed by atoms with Crippen molar-refractivity contribution in [3.63, 3.8) is 0 Å². The van der Waals surface area contributed by atoms with Gasteiger partial charge in [-0.2, -0.15) is 4.39 Å². The Morgan fingerprint density at radius 3 is 2.82 bits per heavy atom. The van der Waals surface area contributed by atoms with Crippen molar-refractivity contribution in [1.29, 1.82) is 0 Å². The first kappa shape index (κ1) is 16.2. The molecule has 0 atom stereocenters. The van der Waals surface area contributed by atoms with Crippen LogP contribution in [-0.4, -0.2) is 16.6 Å². The Labute approximate surface area is 130 Å². The maximum absolute atomic E-state index is 13.0. The average Bonchev–Trinajstić information content (AvgIpc) is 2.51. The van der Waals surface area contributed by atoms with Crippen molar-refractivity contribution in [3.05, 3.63) is 47.7 Å². The van der Waals surface area contributed by atoms with Crippen LogP contribution in [0.1, 0.15) is 37.3 Å². The fourth-order valence-corrected chi connectivity index (χ4v) is 2.09. The number of hydrogen-bond donors (Lipinski definition) is 1. The molecule has 0 bridgehead atoms. The van der Waals surface area contributed by atoms with Gasteiger partial charge in [0.2, 0.25) is 5.95 Å². The van der Waals surface area contributed by atoms with Gasteiger partial charge in [0.25, 0.3) is 0 Å². The molecular weight excluding hydrogens is 281 g/mol. The van der Waals surface area contributed by atoms with Crippen LogP contribution in [-0.2, 0) is 6.54 Å². The zero-order valence-corrected chi connectivity index (χ0v) is 13.1. The molecule has 5 heteroatoms. The molecule has 0 fully saturated rings. The van der Waals surface area contributed by atoms with Gasteiger partial charge >= 0.3 is 0 Å². The minimum atomic E-state index is -0.544. The van der Waals surface area contributed by atoms with Gasteiger partial charge in [0.05, 0.1) is 6.61 Å². The summed E-state index contributed by atoms with van der Waals surface area (Å²) in [7, 11) is 0. The van der Waals surface area contributed by atoms with E-state index in [0.29, 0.717) is 19.0 Å². The smallest absolute Gasteiger partial charge is 0.217 e. The van der Waals surface area contributed by atoms with E-state index in [-0.39, 0.29) is 0 Å². The summed E-state index contributed by atoms with van der Waals surface area (Å²) in [6, 6.07) is 7.37. The lowest BCUT2D eigenvalue weighted by atomic mass is 10.1. The number of nitrogens with zero attached hydrogens (tertiary/aromatic N) is 2. The van der Waals surface area contributed by atoms with Gasteiger partial charge in [-0.25, -0.2) is 9.97 Å². The van der Waals surface area contributed by atoms with Crippen LogP contribution >= 0.6 is 0 Å². The van der Waals surface area contributed by atoms with Crippen LogP contribution in [0.3, 0.4) is 0 Å². The molecule has 1 aromatic heterocycles. The highest BCUT2D eigenvalue weighted by Gasteiger charge is 2.05. The van der Waals surface area contributed by atoms with Gasteiger partial charge in [0.15, 0.2) is 0 Å². The van der Waals surface area contributed by atoms with E-state index in [1.54, 1.807) is 0 Å². The third-order valence-corrected chi connectivity index (χ3v) is 3.32. The summed E-state index contributed by atoms with van der Waals surface area (Å²) < 4.78 is 18.9. The number of unbranched alkanes of at least 4 members (excludes halogenated alkanes) is 2. The van der Waals surface area contributed by atoms with Crippen molar-refractivity contribution in [3.8, 4) is 5.75 Å². The second-order valence-corrected chi connectivity index (χ2v) is 5.25. The Morgan fingerprint density at radius 1 is 1.18 bits per heavy atom. The zero-order chi connectivity index (χ0) is 15.8. The molecule has 4 nitrogen and oxygen atoms in total. The molecule has 0 amide bonds. The van der Waals surface area contributed by atoms with Crippen LogP contribution in [0.25, 0.3) is 0 Å². The summed E-state index contributed by atoms with van der Waals surface area (Å²) in [5.41, 5.74) is 2.18. The van der Waals surface area contributed by atoms with Crippen LogP contribution in [0, 0.1) is 12.9 Å². The summed E-state index contributed by atoms with van der Waals surface area (Å²) in [4.78, 5) is 7.42. The van der Waals surface area contributed by atoms with E-state index in [0.717, 1.165) is 23.3 Å². The summed E-state index contributed by atoms with van der Waals surface area (Å²) >= 11 is 0. The van der Waals surface area contributed by atoms with E-state index in [1.807, 2.05) is 25.1 Å². The van der Waals surface area contributed by atoms with Gasteiger partial charge in [-0.05, 0) is 25.0 Å². The Balaban J connectivity index is 1.99. The number of rotatable bonds is 8. The van der Waals surface area contributed by atoms with Gasteiger partial charge in [-0.1, -0.05) is 31.9 Å². The van der Waals surface area contributed by atoms with Crippen molar-refractivity contribution in [2.75, 3.05) is 11.9 Å². The SMILES string of the molecule is CCCCCOc1cc(C)ccc1CNc1cc(F)ncn1. The van der Waals surface area contributed by atoms with Gasteiger partial charge in [0.1, 0.15) is 17.9 Å². The van der Waals surface area contributed by atoms with Gasteiger partial charge in [-0.15, -0.1) is 0 Å². The summed E-state index contributed by atoms with van der Waals surface area (Å²) in [6.45, 7) is 5.45. The maximum Gasteiger partial charge on any atom is 0.217 e. The van der Waals surface area contributed by atoms with Gasteiger partial charge < -0.3 is 10.1 Å². The molecule has 2 aromatic rings. The molecule has 0 aliphatic heterocycles. The van der Waals surface area contributed by atoms with Crippen molar-refractivity contribution in [1.82, 2.24) is 9.97 Å². The van der Waals surface area contributed by atoms with E-state index < -0.39 is 5.95 Å². The number of aryl methyl sites for hydroxylation is 1. The molecule has 2 rings (SSSR count). The van der Waals surface area contributed by atoms with Crippen molar-refractivity contribution in [2.24, 2.45) is 0 Å². The molecule has 118 valence electrons. The molecule has 22 heavy (non-hydrogen) atoms. The Bertz CT molecular complexity index is 604. The van der Waals surface area contributed by atoms with Crippen molar-refractivity contribution in [2.45, 2.75) is 39.7 Å². The van der Waals surface area contributed by atoms with Crippen LogP contribution in [0.15, 0.2) is 30.6 Å². The van der Waals surface area contributed by atoms with E-state index >= 15 is 0 Å². The Hall–Kier alpha value is -2.17. The number of aromatic nitrogens is 2. The third-order valence-electron chi connectivity index (χ3n) is 3.32. The minimum absolute atomic E-state index is 0.463. The standard InChI is InChI=1S/C17H22FN3O/c1-3-4-5-8-22-15-9-13(2)6-7-14(15)11-19-17-10-16(18)20-12-21-17/h6-7,9-10,12H,3-5,8,11H2,1-2H3,(H,19,20,21). The zero-order valence-electron chi connectivity index (χ0n) is 13.1. The maximum atomic E-state index is 13.0. The minimum Gasteiger partial charge on any atom is -0.493 e. The van der Waals surface area contributed by atoms with E-state index in [9.17, 15) is 4.39 Å². The van der Waals surface area contributed by atoms with E-state index in [1.165, 1.54) is 25.2 Å². The molecule has 1 N–H and O–H groups in total. The van der Waals surface area contributed by atoms with Crippen molar-refractivity contribution < 1.29 is 9.13 Å². The fourth-order valence-electron chi connectivity index (χ4n) is 2.09. The second kappa shape index (κ2) is 8.32. The lowest BCUT2D eigenvalue weighted by molar-refractivity contribution is 0.303. The van der Waals surface area contributed by atoms with Crippen LogP contribution in [0.2, 0.25) is 0 Å². The number of anilines is 1. The predicted octanol–water partition coefficient (Wildman–Crippen LogP) is 4.11. The van der Waals surface area contributed by atoms with E-state index in [2.05, 4.69) is 22.2 Å². The molecule has 1 heterocycles. The van der Waals surface area contributed by atoms with E-state index in [4.69, 9.17) is 4.74 Å². The van der Waals surface area contributed by atoms with Crippen molar-refractivity contribution >= 4 is 5.82 Å². The number of halogens is 1. The lowest BCUT2D eigenvalue weighted by Gasteiger charge is -2.13. The highest BCUT2D eigenvalue weighted by Crippen LogP contribution is 2.22. The molecule has 0 aliphatic carbocycles. The van der Waals surface area contributed by atoms with Crippen LogP contribution < -0.4 is 10.1 Å². The normalized spacial score (nSPS) is 10.5. The first-order valence-electron chi connectivity index (χ1n) is 7.62. The molecule has 1 aromatic carbocycles. The molecule has 0 saturated carbocycles. The third kappa shape index (κ3) is 4.98. The highest BCUT2D eigenvalue weighted by atomic mass is 19.1. The molecule has 0 radical (unpaired) electrons. The predicted molar refractivity (Wildman–Crippen MR) is 85.5 cm³/mol. The van der Waals surface area contributed by atoms with Gasteiger partial charge in [0, 0.05) is 18.2 Å². The number of benzene rings is 1. The molecular formula is C17H22FN3O. The number of ether oxygens (including phenoxy) is 1. The lowest BCUT2D eigenvalue weighted by Crippen LogP contribution is -2.06. The molecule has 0 aliphatic rings. The molecule has 0 saturated heterocycles. The fraction of sp³-hybridized carbons (Fsp3) is 0.412. The van der Waals surface area contributed by atoms with Gasteiger partial charge in [-0.3, -0.25) is 0 Å². The molecule has 0 unspecified atom stereocenters. The summed E-state index contributed by atoms with van der Waals surface area (Å²) in [6.07, 6.45) is 4.59. The van der Waals surface area contributed by atoms with Crippen LogP contribution in [0.4, 0.5) is 10.2 Å². The topological polar surface area (TPSA) is 47.0 Å². The largest absolute Gasteiger partial charge is 0.493 e. The Morgan fingerprint density at radius 2 is 2.05 bits per heavy atom. The second-order valence-electron chi connectivity index (χ2n) is 5.25. The Kier molecular flexibility index (Phi) is 6.13. The highest BCUT2D eigenvalue weighted by molar-refractivity contribution is 5.41. The number of hydrogen-bond acceptors (Lipinski definition) is 4.